The second-order valence-electron chi connectivity index (χ2n) is 5.86. The standard InChI is InChI=1S/C17H18ClN3O2/c1-19(2)20-10-9-15(16-11-13(18)5-8-17(16)20)12-3-6-14(7-4-12)21(22)23/h3-8,11,15H,9-10H2,1-2H3. The Morgan fingerprint density at radius 2 is 1.91 bits per heavy atom. The number of nitro groups is 1. The van der Waals surface area contributed by atoms with E-state index in [4.69, 9.17) is 11.6 Å². The van der Waals surface area contributed by atoms with Crippen LogP contribution in [0.2, 0.25) is 5.02 Å². The number of non-ortho nitro benzene ring substituents is 1. The molecule has 120 valence electrons. The lowest BCUT2D eigenvalue weighted by atomic mass is 9.85. The lowest BCUT2D eigenvalue weighted by Crippen LogP contribution is -2.41. The number of benzene rings is 2. The van der Waals surface area contributed by atoms with Gasteiger partial charge in [-0.05, 0) is 35.7 Å². The van der Waals surface area contributed by atoms with Crippen molar-refractivity contribution in [3.63, 3.8) is 0 Å². The van der Waals surface area contributed by atoms with Crippen molar-refractivity contribution in [3.05, 3.63) is 68.7 Å². The summed E-state index contributed by atoms with van der Waals surface area (Å²) in [6.07, 6.45) is 0.934. The van der Waals surface area contributed by atoms with Crippen molar-refractivity contribution >= 4 is 23.0 Å². The van der Waals surface area contributed by atoms with E-state index in [0.29, 0.717) is 5.02 Å². The third kappa shape index (κ3) is 3.02. The number of anilines is 1. The molecule has 0 fully saturated rings. The summed E-state index contributed by atoms with van der Waals surface area (Å²) in [4.78, 5) is 10.5. The van der Waals surface area contributed by atoms with Gasteiger partial charge in [0.25, 0.3) is 5.69 Å². The fourth-order valence-electron chi connectivity index (χ4n) is 3.16. The maximum Gasteiger partial charge on any atom is 0.269 e. The van der Waals surface area contributed by atoms with Gasteiger partial charge in [-0.25, -0.2) is 5.01 Å². The van der Waals surface area contributed by atoms with Crippen LogP contribution in [0.1, 0.15) is 23.5 Å². The van der Waals surface area contributed by atoms with Crippen molar-refractivity contribution in [3.8, 4) is 0 Å². The van der Waals surface area contributed by atoms with E-state index in [1.54, 1.807) is 12.1 Å². The van der Waals surface area contributed by atoms with Crippen LogP contribution < -0.4 is 5.01 Å². The van der Waals surface area contributed by atoms with Crippen LogP contribution in [0.5, 0.6) is 0 Å². The first-order valence-electron chi connectivity index (χ1n) is 7.46. The minimum atomic E-state index is -0.372. The van der Waals surface area contributed by atoms with Crippen molar-refractivity contribution in [2.45, 2.75) is 12.3 Å². The van der Waals surface area contributed by atoms with E-state index in [0.717, 1.165) is 29.8 Å². The maximum absolute atomic E-state index is 10.8. The SMILES string of the molecule is CN(C)N1CCC(c2ccc([N+](=O)[O-])cc2)c2cc(Cl)ccc21. The van der Waals surface area contributed by atoms with Crippen LogP contribution in [0.4, 0.5) is 11.4 Å². The van der Waals surface area contributed by atoms with E-state index >= 15 is 0 Å². The molecule has 2 aromatic rings. The summed E-state index contributed by atoms with van der Waals surface area (Å²) < 4.78 is 0. The predicted octanol–water partition coefficient (Wildman–Crippen LogP) is 4.07. The molecule has 0 radical (unpaired) electrons. The number of hydrogen-bond acceptors (Lipinski definition) is 4. The molecule has 0 spiro atoms. The molecule has 0 aromatic heterocycles. The highest BCUT2D eigenvalue weighted by Crippen LogP contribution is 2.41. The average Bonchev–Trinajstić information content (AvgIpc) is 2.53. The van der Waals surface area contributed by atoms with Gasteiger partial charge in [-0.15, -0.1) is 0 Å². The fraction of sp³-hybridized carbons (Fsp3) is 0.294. The normalized spacial score (nSPS) is 17.2. The highest BCUT2D eigenvalue weighted by atomic mass is 35.5. The molecule has 1 aliphatic rings. The Bertz CT molecular complexity index is 731. The molecular formula is C17H18ClN3O2. The number of fused-ring (bicyclic) bond motifs is 1. The van der Waals surface area contributed by atoms with Gasteiger partial charge in [0.2, 0.25) is 0 Å². The van der Waals surface area contributed by atoms with Gasteiger partial charge in [0, 0.05) is 43.7 Å². The largest absolute Gasteiger partial charge is 0.306 e. The molecule has 1 aliphatic heterocycles. The summed E-state index contributed by atoms with van der Waals surface area (Å²) in [5.41, 5.74) is 3.49. The van der Waals surface area contributed by atoms with Gasteiger partial charge in [0.1, 0.15) is 0 Å². The Morgan fingerprint density at radius 3 is 2.52 bits per heavy atom. The number of nitro benzene ring substituents is 1. The summed E-state index contributed by atoms with van der Waals surface area (Å²) in [5.74, 6) is 0.195. The quantitative estimate of drug-likeness (QED) is 0.628. The van der Waals surface area contributed by atoms with E-state index in [1.807, 2.05) is 44.4 Å². The van der Waals surface area contributed by atoms with Gasteiger partial charge in [-0.2, -0.15) is 0 Å². The predicted molar refractivity (Wildman–Crippen MR) is 92.0 cm³/mol. The Hall–Kier alpha value is -2.11. The molecule has 0 aliphatic carbocycles. The molecule has 6 heteroatoms. The van der Waals surface area contributed by atoms with Gasteiger partial charge < -0.3 is 5.01 Å². The van der Waals surface area contributed by atoms with Crippen LogP contribution in [0.25, 0.3) is 0 Å². The summed E-state index contributed by atoms with van der Waals surface area (Å²) in [6, 6.07) is 12.8. The van der Waals surface area contributed by atoms with Crippen LogP contribution in [0.3, 0.4) is 0 Å². The summed E-state index contributed by atoms with van der Waals surface area (Å²) in [7, 11) is 4.04. The lowest BCUT2D eigenvalue weighted by molar-refractivity contribution is -0.384. The summed E-state index contributed by atoms with van der Waals surface area (Å²) >= 11 is 6.20. The highest BCUT2D eigenvalue weighted by molar-refractivity contribution is 6.30. The summed E-state index contributed by atoms with van der Waals surface area (Å²) in [5, 5.41) is 15.8. The molecule has 1 atom stereocenters. The molecule has 0 N–H and O–H groups in total. The lowest BCUT2D eigenvalue weighted by Gasteiger charge is -2.39. The Kier molecular flexibility index (Phi) is 4.24. The van der Waals surface area contributed by atoms with Crippen molar-refractivity contribution in [1.29, 1.82) is 0 Å². The average molecular weight is 332 g/mol. The van der Waals surface area contributed by atoms with Gasteiger partial charge in [0.05, 0.1) is 10.6 Å². The van der Waals surface area contributed by atoms with E-state index in [9.17, 15) is 10.1 Å². The molecular weight excluding hydrogens is 314 g/mol. The minimum absolute atomic E-state index is 0.116. The fourth-order valence-corrected chi connectivity index (χ4v) is 3.34. The highest BCUT2D eigenvalue weighted by Gasteiger charge is 2.27. The molecule has 5 nitrogen and oxygen atoms in total. The Morgan fingerprint density at radius 1 is 1.22 bits per heavy atom. The third-order valence-electron chi connectivity index (χ3n) is 4.26. The Labute approximate surface area is 140 Å². The Balaban J connectivity index is 2.02. The molecule has 0 saturated heterocycles. The number of hydrazine groups is 1. The van der Waals surface area contributed by atoms with E-state index in [-0.39, 0.29) is 16.5 Å². The van der Waals surface area contributed by atoms with Crippen LogP contribution >= 0.6 is 11.6 Å². The van der Waals surface area contributed by atoms with E-state index < -0.39 is 0 Å². The molecule has 0 amide bonds. The van der Waals surface area contributed by atoms with Gasteiger partial charge >= 0.3 is 0 Å². The van der Waals surface area contributed by atoms with Gasteiger partial charge in [-0.1, -0.05) is 23.7 Å². The van der Waals surface area contributed by atoms with Crippen LogP contribution in [0, 0.1) is 10.1 Å². The second kappa shape index (κ2) is 6.18. The number of hydrogen-bond donors (Lipinski definition) is 0. The van der Waals surface area contributed by atoms with Crippen LogP contribution in [0.15, 0.2) is 42.5 Å². The first kappa shape index (κ1) is 15.8. The monoisotopic (exact) mass is 331 g/mol. The zero-order chi connectivity index (χ0) is 16.6. The molecule has 0 bridgehead atoms. The topological polar surface area (TPSA) is 49.6 Å². The van der Waals surface area contributed by atoms with E-state index in [1.165, 1.54) is 0 Å². The van der Waals surface area contributed by atoms with Crippen molar-refractivity contribution < 1.29 is 4.92 Å². The van der Waals surface area contributed by atoms with Crippen LogP contribution in [-0.2, 0) is 0 Å². The first-order chi connectivity index (χ1) is 11.0. The zero-order valence-corrected chi connectivity index (χ0v) is 13.8. The number of halogens is 1. The second-order valence-corrected chi connectivity index (χ2v) is 6.30. The molecule has 1 unspecified atom stereocenters. The molecule has 23 heavy (non-hydrogen) atoms. The maximum atomic E-state index is 10.8. The number of nitrogens with zero attached hydrogens (tertiary/aromatic N) is 3. The minimum Gasteiger partial charge on any atom is -0.306 e. The van der Waals surface area contributed by atoms with Crippen LogP contribution in [-0.4, -0.2) is 30.6 Å². The van der Waals surface area contributed by atoms with Gasteiger partial charge in [0.15, 0.2) is 0 Å². The van der Waals surface area contributed by atoms with Crippen molar-refractivity contribution in [2.24, 2.45) is 0 Å². The first-order valence-corrected chi connectivity index (χ1v) is 7.83. The molecule has 3 rings (SSSR count). The number of rotatable bonds is 3. The molecule has 1 heterocycles. The molecule has 0 saturated carbocycles. The van der Waals surface area contributed by atoms with Gasteiger partial charge in [-0.3, -0.25) is 10.1 Å². The van der Waals surface area contributed by atoms with E-state index in [2.05, 4.69) is 10.0 Å². The zero-order valence-electron chi connectivity index (χ0n) is 13.1. The third-order valence-corrected chi connectivity index (χ3v) is 4.50. The van der Waals surface area contributed by atoms with Crippen molar-refractivity contribution in [1.82, 2.24) is 5.01 Å². The molecule has 2 aromatic carbocycles. The smallest absolute Gasteiger partial charge is 0.269 e. The van der Waals surface area contributed by atoms with Crippen molar-refractivity contribution in [2.75, 3.05) is 25.6 Å². The summed E-state index contributed by atoms with van der Waals surface area (Å²) in [6.45, 7) is 0.892.